The number of nitrogens with one attached hydrogen (secondary N) is 2. The molecule has 0 aromatic heterocycles. The highest BCUT2D eigenvalue weighted by Gasteiger charge is 2.27. The van der Waals surface area contributed by atoms with E-state index in [1.54, 1.807) is 12.1 Å². The standard InChI is InChI=1S/C23H17FN2O5/c1-12-3-7-19(20(9-12)30-2)31-18-8-5-14(24)11-17(18)25-21(27)13-4-6-15-16(10-13)23(29)26-22(15)28/h3-11H,1-2H3,(H,25,27)(H,26,28,29). The Morgan fingerprint density at radius 1 is 0.903 bits per heavy atom. The molecule has 0 atom stereocenters. The topological polar surface area (TPSA) is 93.7 Å². The van der Waals surface area contributed by atoms with E-state index in [-0.39, 0.29) is 28.1 Å². The lowest BCUT2D eigenvalue weighted by Crippen LogP contribution is -2.20. The number of hydrogen-bond acceptors (Lipinski definition) is 5. The lowest BCUT2D eigenvalue weighted by molar-refractivity contribution is 0.0879. The molecule has 8 heteroatoms. The first-order valence-electron chi connectivity index (χ1n) is 9.29. The Morgan fingerprint density at radius 3 is 2.42 bits per heavy atom. The highest BCUT2D eigenvalue weighted by Crippen LogP contribution is 2.36. The fourth-order valence-electron chi connectivity index (χ4n) is 3.17. The summed E-state index contributed by atoms with van der Waals surface area (Å²) in [7, 11) is 1.50. The summed E-state index contributed by atoms with van der Waals surface area (Å²) in [5, 5.41) is 4.76. The van der Waals surface area contributed by atoms with Crippen molar-refractivity contribution in [1.82, 2.24) is 5.32 Å². The van der Waals surface area contributed by atoms with Gasteiger partial charge in [0.25, 0.3) is 17.7 Å². The molecule has 2 N–H and O–H groups in total. The van der Waals surface area contributed by atoms with Gasteiger partial charge in [0.15, 0.2) is 17.2 Å². The van der Waals surface area contributed by atoms with Crippen molar-refractivity contribution >= 4 is 23.4 Å². The van der Waals surface area contributed by atoms with Crippen LogP contribution in [0.4, 0.5) is 10.1 Å². The van der Waals surface area contributed by atoms with Crippen molar-refractivity contribution in [3.05, 3.63) is 82.7 Å². The van der Waals surface area contributed by atoms with Crippen LogP contribution in [-0.2, 0) is 0 Å². The summed E-state index contributed by atoms with van der Waals surface area (Å²) in [5.74, 6) is -1.18. The van der Waals surface area contributed by atoms with Crippen LogP contribution in [0, 0.1) is 12.7 Å². The Labute approximate surface area is 176 Å². The maximum absolute atomic E-state index is 13.9. The molecule has 0 radical (unpaired) electrons. The molecule has 1 aliphatic rings. The summed E-state index contributed by atoms with van der Waals surface area (Å²) < 4.78 is 25.1. The molecule has 1 aliphatic heterocycles. The second kappa shape index (κ2) is 7.91. The minimum atomic E-state index is -0.596. The first-order valence-corrected chi connectivity index (χ1v) is 9.29. The number of fused-ring (bicyclic) bond motifs is 1. The van der Waals surface area contributed by atoms with Crippen LogP contribution in [-0.4, -0.2) is 24.8 Å². The molecule has 0 saturated carbocycles. The molecule has 0 bridgehead atoms. The number of halogens is 1. The van der Waals surface area contributed by atoms with Crippen LogP contribution < -0.4 is 20.1 Å². The van der Waals surface area contributed by atoms with E-state index in [9.17, 15) is 18.8 Å². The minimum Gasteiger partial charge on any atom is -0.493 e. The Morgan fingerprint density at radius 2 is 1.65 bits per heavy atom. The van der Waals surface area contributed by atoms with Crippen LogP contribution in [0.5, 0.6) is 17.2 Å². The highest BCUT2D eigenvalue weighted by molar-refractivity contribution is 6.22. The van der Waals surface area contributed by atoms with Gasteiger partial charge in [-0.3, -0.25) is 19.7 Å². The SMILES string of the molecule is COc1cc(C)ccc1Oc1ccc(F)cc1NC(=O)c1ccc2c(c1)C(=O)NC2=O. The molecular weight excluding hydrogens is 403 g/mol. The van der Waals surface area contributed by atoms with Crippen LogP contribution in [0.15, 0.2) is 54.6 Å². The molecule has 4 rings (SSSR count). The second-order valence-corrected chi connectivity index (χ2v) is 6.89. The first-order chi connectivity index (χ1) is 14.9. The van der Waals surface area contributed by atoms with Gasteiger partial charge in [0.1, 0.15) is 5.82 Å². The quantitative estimate of drug-likeness (QED) is 0.607. The molecule has 0 unspecified atom stereocenters. The maximum Gasteiger partial charge on any atom is 0.258 e. The van der Waals surface area contributed by atoms with Gasteiger partial charge in [-0.05, 0) is 55.0 Å². The summed E-state index contributed by atoms with van der Waals surface area (Å²) >= 11 is 0. The Balaban J connectivity index is 1.63. The molecule has 0 saturated heterocycles. The lowest BCUT2D eigenvalue weighted by atomic mass is 10.1. The Hall–Kier alpha value is -4.20. The van der Waals surface area contributed by atoms with Crippen LogP contribution in [0.3, 0.4) is 0 Å². The van der Waals surface area contributed by atoms with Crippen molar-refractivity contribution in [2.75, 3.05) is 12.4 Å². The van der Waals surface area contributed by atoms with E-state index in [1.807, 2.05) is 13.0 Å². The number of carbonyl (C=O) groups excluding carboxylic acids is 3. The first kappa shape index (κ1) is 20.1. The average molecular weight is 420 g/mol. The number of benzene rings is 3. The van der Waals surface area contributed by atoms with E-state index >= 15 is 0 Å². The Bertz CT molecular complexity index is 1240. The fourth-order valence-corrected chi connectivity index (χ4v) is 3.17. The Kier molecular flexibility index (Phi) is 5.12. The molecule has 3 aromatic rings. The number of imide groups is 1. The monoisotopic (exact) mass is 420 g/mol. The van der Waals surface area contributed by atoms with E-state index < -0.39 is 23.5 Å². The minimum absolute atomic E-state index is 0.0913. The second-order valence-electron chi connectivity index (χ2n) is 6.89. The van der Waals surface area contributed by atoms with Crippen molar-refractivity contribution in [1.29, 1.82) is 0 Å². The molecule has 156 valence electrons. The van der Waals surface area contributed by atoms with Crippen molar-refractivity contribution in [3.8, 4) is 17.2 Å². The van der Waals surface area contributed by atoms with Crippen LogP contribution in [0.1, 0.15) is 36.6 Å². The largest absolute Gasteiger partial charge is 0.493 e. The number of amides is 3. The van der Waals surface area contributed by atoms with Gasteiger partial charge in [-0.2, -0.15) is 0 Å². The number of hydrogen-bond donors (Lipinski definition) is 2. The van der Waals surface area contributed by atoms with Crippen molar-refractivity contribution in [2.24, 2.45) is 0 Å². The zero-order chi connectivity index (χ0) is 22.1. The van der Waals surface area contributed by atoms with Crippen LogP contribution >= 0.6 is 0 Å². The van der Waals surface area contributed by atoms with Crippen LogP contribution in [0.25, 0.3) is 0 Å². The summed E-state index contributed by atoms with van der Waals surface area (Å²) in [6.07, 6.45) is 0. The summed E-state index contributed by atoms with van der Waals surface area (Å²) in [6, 6.07) is 13.2. The van der Waals surface area contributed by atoms with Gasteiger partial charge in [-0.1, -0.05) is 6.07 Å². The highest BCUT2D eigenvalue weighted by atomic mass is 19.1. The molecule has 3 amide bonds. The van der Waals surface area contributed by atoms with Gasteiger partial charge >= 0.3 is 0 Å². The summed E-state index contributed by atoms with van der Waals surface area (Å²) in [6.45, 7) is 1.90. The van der Waals surface area contributed by atoms with Crippen LogP contribution in [0.2, 0.25) is 0 Å². The van der Waals surface area contributed by atoms with Gasteiger partial charge in [0.2, 0.25) is 0 Å². The van der Waals surface area contributed by atoms with Gasteiger partial charge < -0.3 is 14.8 Å². The van der Waals surface area contributed by atoms with Gasteiger partial charge in [0, 0.05) is 11.6 Å². The van der Waals surface area contributed by atoms with Crippen molar-refractivity contribution < 1.29 is 28.2 Å². The van der Waals surface area contributed by atoms with E-state index in [4.69, 9.17) is 9.47 Å². The molecule has 0 aliphatic carbocycles. The zero-order valence-corrected chi connectivity index (χ0v) is 16.6. The lowest BCUT2D eigenvalue weighted by Gasteiger charge is -2.15. The number of aryl methyl sites for hydroxylation is 1. The molecule has 0 spiro atoms. The number of carbonyl (C=O) groups is 3. The van der Waals surface area contributed by atoms with Crippen molar-refractivity contribution in [2.45, 2.75) is 6.92 Å². The summed E-state index contributed by atoms with van der Waals surface area (Å²) in [4.78, 5) is 36.3. The zero-order valence-electron chi connectivity index (χ0n) is 16.6. The van der Waals surface area contributed by atoms with E-state index in [0.717, 1.165) is 11.6 Å². The van der Waals surface area contributed by atoms with Gasteiger partial charge in [-0.15, -0.1) is 0 Å². The smallest absolute Gasteiger partial charge is 0.258 e. The third-order valence-electron chi connectivity index (χ3n) is 4.73. The third-order valence-corrected chi connectivity index (χ3v) is 4.73. The number of anilines is 1. The number of ether oxygens (including phenoxy) is 2. The van der Waals surface area contributed by atoms with E-state index in [0.29, 0.717) is 11.5 Å². The third kappa shape index (κ3) is 3.95. The van der Waals surface area contributed by atoms with Crippen molar-refractivity contribution in [3.63, 3.8) is 0 Å². The average Bonchev–Trinajstić information content (AvgIpc) is 3.04. The van der Waals surface area contributed by atoms with E-state index in [1.165, 1.54) is 37.4 Å². The molecule has 0 fully saturated rings. The van der Waals surface area contributed by atoms with Gasteiger partial charge in [0.05, 0.1) is 23.9 Å². The molecule has 7 nitrogen and oxygen atoms in total. The molecule has 3 aromatic carbocycles. The fraction of sp³-hybridized carbons (Fsp3) is 0.0870. The van der Waals surface area contributed by atoms with E-state index in [2.05, 4.69) is 10.6 Å². The molecular formula is C23H17FN2O5. The predicted octanol–water partition coefficient (Wildman–Crippen LogP) is 4.07. The molecule has 31 heavy (non-hydrogen) atoms. The predicted molar refractivity (Wildman–Crippen MR) is 110 cm³/mol. The number of methoxy groups -OCH3 is 1. The van der Waals surface area contributed by atoms with Gasteiger partial charge in [-0.25, -0.2) is 4.39 Å². The number of rotatable bonds is 5. The normalized spacial score (nSPS) is 12.2. The summed E-state index contributed by atoms with van der Waals surface area (Å²) in [5.41, 5.74) is 1.50. The maximum atomic E-state index is 13.9. The molecule has 1 heterocycles.